The average molecular weight is 341 g/mol. The van der Waals surface area contributed by atoms with Gasteiger partial charge in [-0.05, 0) is 24.5 Å². The molecule has 4 nitrogen and oxygen atoms in total. The topological polar surface area (TPSA) is 60.8 Å². The summed E-state index contributed by atoms with van der Waals surface area (Å²) in [5.74, 6) is -0.428. The molecule has 0 unspecified atom stereocenters. The van der Waals surface area contributed by atoms with Crippen LogP contribution in [0.2, 0.25) is 0 Å². The molecule has 0 heterocycles. The third-order valence-electron chi connectivity index (χ3n) is 4.74. The van der Waals surface area contributed by atoms with Crippen LogP contribution in [0.15, 0.2) is 60.7 Å². The Bertz CT molecular complexity index is 659. The Morgan fingerprint density at radius 1 is 0.920 bits per heavy atom. The molecule has 2 rings (SSSR count). The number of hydrogen-bond acceptors (Lipinski definition) is 3. The predicted molar refractivity (Wildman–Crippen MR) is 98.8 cm³/mol. The van der Waals surface area contributed by atoms with E-state index >= 15 is 0 Å². The Balaban J connectivity index is 1.98. The van der Waals surface area contributed by atoms with Crippen molar-refractivity contribution >= 4 is 5.91 Å². The molecule has 0 saturated heterocycles. The van der Waals surface area contributed by atoms with Gasteiger partial charge in [-0.15, -0.1) is 0 Å². The SMILES string of the molecule is C[C@H](C[C@@H](O)c1ccccc1)C(=O)N(C)[C@@H](C)[C@@H](O)c1ccccc1. The smallest absolute Gasteiger partial charge is 0.225 e. The summed E-state index contributed by atoms with van der Waals surface area (Å²) in [5, 5.41) is 20.8. The van der Waals surface area contributed by atoms with E-state index in [0.29, 0.717) is 6.42 Å². The summed E-state index contributed by atoms with van der Waals surface area (Å²) in [6.07, 6.45) is -1.08. The number of hydrogen-bond donors (Lipinski definition) is 2. The number of amides is 1. The fourth-order valence-corrected chi connectivity index (χ4v) is 2.94. The highest BCUT2D eigenvalue weighted by molar-refractivity contribution is 5.78. The second-order valence-electron chi connectivity index (χ2n) is 6.61. The van der Waals surface area contributed by atoms with Gasteiger partial charge in [0.15, 0.2) is 0 Å². The van der Waals surface area contributed by atoms with Crippen LogP contribution in [-0.2, 0) is 4.79 Å². The maximum atomic E-state index is 12.7. The molecule has 2 N–H and O–H groups in total. The van der Waals surface area contributed by atoms with Crippen LogP contribution in [0.25, 0.3) is 0 Å². The number of carbonyl (C=O) groups excluding carboxylic acids is 1. The molecule has 0 aliphatic rings. The number of benzene rings is 2. The Morgan fingerprint density at radius 2 is 1.40 bits per heavy atom. The van der Waals surface area contributed by atoms with Crippen LogP contribution in [0.1, 0.15) is 43.6 Å². The lowest BCUT2D eigenvalue weighted by Crippen LogP contribution is -2.42. The first-order chi connectivity index (χ1) is 11.9. The molecule has 2 aromatic carbocycles. The van der Waals surface area contributed by atoms with Gasteiger partial charge in [-0.1, -0.05) is 67.6 Å². The second-order valence-corrected chi connectivity index (χ2v) is 6.61. The van der Waals surface area contributed by atoms with Gasteiger partial charge in [0.2, 0.25) is 5.91 Å². The lowest BCUT2D eigenvalue weighted by Gasteiger charge is -2.31. The number of nitrogens with zero attached hydrogens (tertiary/aromatic N) is 1. The van der Waals surface area contributed by atoms with E-state index in [9.17, 15) is 15.0 Å². The molecule has 4 heteroatoms. The number of aliphatic hydroxyl groups is 2. The molecular weight excluding hydrogens is 314 g/mol. The van der Waals surface area contributed by atoms with E-state index in [1.54, 1.807) is 11.9 Å². The van der Waals surface area contributed by atoms with Gasteiger partial charge in [-0.3, -0.25) is 4.79 Å². The minimum Gasteiger partial charge on any atom is -0.388 e. The van der Waals surface area contributed by atoms with Crippen molar-refractivity contribution in [1.82, 2.24) is 4.90 Å². The van der Waals surface area contributed by atoms with Crippen LogP contribution in [0.4, 0.5) is 0 Å². The summed E-state index contributed by atoms with van der Waals surface area (Å²) < 4.78 is 0. The summed E-state index contributed by atoms with van der Waals surface area (Å²) in [7, 11) is 1.70. The normalized spacial score (nSPS) is 15.9. The Kier molecular flexibility index (Phi) is 6.73. The maximum Gasteiger partial charge on any atom is 0.225 e. The summed E-state index contributed by atoms with van der Waals surface area (Å²) in [6.45, 7) is 3.64. The molecule has 0 spiro atoms. The van der Waals surface area contributed by atoms with Crippen molar-refractivity contribution < 1.29 is 15.0 Å². The minimum atomic E-state index is -0.749. The highest BCUT2D eigenvalue weighted by Crippen LogP contribution is 2.25. The fourth-order valence-electron chi connectivity index (χ4n) is 2.94. The van der Waals surface area contributed by atoms with Crippen LogP contribution in [-0.4, -0.2) is 34.1 Å². The molecule has 0 saturated carbocycles. The molecule has 0 aliphatic heterocycles. The van der Waals surface area contributed by atoms with E-state index in [0.717, 1.165) is 11.1 Å². The Labute approximate surface area is 149 Å². The van der Waals surface area contributed by atoms with Crippen molar-refractivity contribution in [2.75, 3.05) is 7.05 Å². The molecule has 0 bridgehead atoms. The molecule has 2 aromatic rings. The summed E-state index contributed by atoms with van der Waals surface area (Å²) in [5.41, 5.74) is 1.59. The lowest BCUT2D eigenvalue weighted by molar-refractivity contribution is -0.138. The summed E-state index contributed by atoms with van der Waals surface area (Å²) >= 11 is 0. The molecule has 4 atom stereocenters. The van der Waals surface area contributed by atoms with Crippen LogP contribution < -0.4 is 0 Å². The summed E-state index contributed by atoms with van der Waals surface area (Å²) in [6, 6.07) is 18.3. The summed E-state index contributed by atoms with van der Waals surface area (Å²) in [4.78, 5) is 14.3. The number of aliphatic hydroxyl groups excluding tert-OH is 2. The van der Waals surface area contributed by atoms with E-state index < -0.39 is 12.2 Å². The molecule has 0 fully saturated rings. The van der Waals surface area contributed by atoms with Gasteiger partial charge in [0.25, 0.3) is 0 Å². The maximum absolute atomic E-state index is 12.7. The number of rotatable bonds is 7. The van der Waals surface area contributed by atoms with Crippen LogP contribution in [0.3, 0.4) is 0 Å². The first-order valence-electron chi connectivity index (χ1n) is 8.64. The molecular formula is C21H27NO3. The van der Waals surface area contributed by atoms with Gasteiger partial charge in [0, 0.05) is 13.0 Å². The lowest BCUT2D eigenvalue weighted by atomic mass is 9.96. The first-order valence-corrected chi connectivity index (χ1v) is 8.64. The highest BCUT2D eigenvalue weighted by atomic mass is 16.3. The Morgan fingerprint density at radius 3 is 1.92 bits per heavy atom. The van der Waals surface area contributed by atoms with Gasteiger partial charge < -0.3 is 15.1 Å². The molecule has 134 valence electrons. The van der Waals surface area contributed by atoms with Crippen molar-refractivity contribution in [1.29, 1.82) is 0 Å². The van der Waals surface area contributed by atoms with E-state index in [2.05, 4.69) is 0 Å². The van der Waals surface area contributed by atoms with E-state index in [-0.39, 0.29) is 17.9 Å². The monoisotopic (exact) mass is 341 g/mol. The first kappa shape index (κ1) is 19.2. The van der Waals surface area contributed by atoms with E-state index in [4.69, 9.17) is 0 Å². The fraction of sp³-hybridized carbons (Fsp3) is 0.381. The zero-order valence-corrected chi connectivity index (χ0v) is 15.0. The average Bonchev–Trinajstić information content (AvgIpc) is 2.66. The Hall–Kier alpha value is -2.17. The van der Waals surface area contributed by atoms with Gasteiger partial charge in [-0.2, -0.15) is 0 Å². The largest absolute Gasteiger partial charge is 0.388 e. The zero-order chi connectivity index (χ0) is 18.4. The predicted octanol–water partition coefficient (Wildman–Crippen LogP) is 3.33. The van der Waals surface area contributed by atoms with Crippen molar-refractivity contribution in [3.63, 3.8) is 0 Å². The van der Waals surface area contributed by atoms with Gasteiger partial charge in [0.1, 0.15) is 0 Å². The zero-order valence-electron chi connectivity index (χ0n) is 15.0. The molecule has 0 aromatic heterocycles. The standard InChI is InChI=1S/C21H27NO3/c1-15(14-19(23)17-10-6-4-7-11-17)21(25)22(3)16(2)20(24)18-12-8-5-9-13-18/h4-13,15-16,19-20,23-24H,14H2,1-3H3/t15-,16+,19-,20-/m1/s1. The van der Waals surface area contributed by atoms with Crippen LogP contribution in [0.5, 0.6) is 0 Å². The van der Waals surface area contributed by atoms with Crippen LogP contribution in [0, 0.1) is 5.92 Å². The quantitative estimate of drug-likeness (QED) is 0.812. The van der Waals surface area contributed by atoms with Gasteiger partial charge in [0.05, 0.1) is 18.2 Å². The van der Waals surface area contributed by atoms with E-state index in [1.807, 2.05) is 74.5 Å². The third kappa shape index (κ3) is 4.91. The number of likely N-dealkylation sites (N-methyl/N-ethyl adjacent to an activating group) is 1. The van der Waals surface area contributed by atoms with E-state index in [1.165, 1.54) is 0 Å². The molecule has 1 amide bonds. The highest BCUT2D eigenvalue weighted by Gasteiger charge is 2.28. The van der Waals surface area contributed by atoms with Crippen molar-refractivity contribution in [2.24, 2.45) is 5.92 Å². The van der Waals surface area contributed by atoms with Crippen molar-refractivity contribution in [2.45, 2.75) is 38.5 Å². The van der Waals surface area contributed by atoms with Gasteiger partial charge >= 0.3 is 0 Å². The second kappa shape index (κ2) is 8.79. The van der Waals surface area contributed by atoms with Crippen molar-refractivity contribution in [3.05, 3.63) is 71.8 Å². The molecule has 0 aliphatic carbocycles. The van der Waals surface area contributed by atoms with Gasteiger partial charge in [-0.25, -0.2) is 0 Å². The van der Waals surface area contributed by atoms with Crippen LogP contribution >= 0.6 is 0 Å². The molecule has 0 radical (unpaired) electrons. The molecule has 25 heavy (non-hydrogen) atoms. The van der Waals surface area contributed by atoms with Crippen molar-refractivity contribution in [3.8, 4) is 0 Å². The number of carbonyl (C=O) groups is 1. The third-order valence-corrected chi connectivity index (χ3v) is 4.74. The minimum absolute atomic E-state index is 0.0857.